The summed E-state index contributed by atoms with van der Waals surface area (Å²) in [7, 11) is 0. The number of alkyl halides is 6. The number of nitrogens with one attached hydrogen (secondary N) is 1. The molecule has 10 heteroatoms. The predicted molar refractivity (Wildman–Crippen MR) is 237 cm³/mol. The van der Waals surface area contributed by atoms with Crippen molar-refractivity contribution in [1.82, 2.24) is 5.32 Å². The van der Waals surface area contributed by atoms with Crippen LogP contribution in [0.15, 0.2) is 198 Å². The quantitative estimate of drug-likeness (QED) is 0.175. The smallest absolute Gasteiger partial charge is 0.416 e. The zero-order valence-corrected chi connectivity index (χ0v) is 33.5. The van der Waals surface area contributed by atoms with Crippen molar-refractivity contribution in [2.75, 3.05) is 0 Å². The van der Waals surface area contributed by atoms with E-state index in [-0.39, 0.29) is 0 Å². The monoisotopic (exact) mass is 853 g/mol. The lowest BCUT2D eigenvalue weighted by Gasteiger charge is -2.39. The number of aliphatic imine (C=N–C) groups is 2. The Morgan fingerprint density at radius 2 is 0.906 bits per heavy atom. The Bertz CT molecular complexity index is 3070. The van der Waals surface area contributed by atoms with Crippen LogP contribution in [0.25, 0.3) is 33.4 Å². The molecule has 2 aliphatic heterocycles. The van der Waals surface area contributed by atoms with Gasteiger partial charge in [0.15, 0.2) is 6.17 Å². The Labute approximate surface area is 363 Å². The molecule has 8 aromatic carbocycles. The van der Waals surface area contributed by atoms with E-state index in [4.69, 9.17) is 14.7 Å². The summed E-state index contributed by atoms with van der Waals surface area (Å²) < 4.78 is 88.5. The van der Waals surface area contributed by atoms with Crippen molar-refractivity contribution >= 4 is 11.7 Å². The van der Waals surface area contributed by atoms with Gasteiger partial charge in [0.05, 0.1) is 16.5 Å². The van der Waals surface area contributed by atoms with Gasteiger partial charge in [0.1, 0.15) is 23.2 Å². The Kier molecular flexibility index (Phi) is 8.99. The third kappa shape index (κ3) is 6.39. The number of benzene rings is 8. The fraction of sp³-hybridized carbons (Fsp3) is 0.0741. The Morgan fingerprint density at radius 1 is 0.422 bits per heavy atom. The second kappa shape index (κ2) is 14.7. The van der Waals surface area contributed by atoms with Gasteiger partial charge in [-0.2, -0.15) is 26.3 Å². The molecule has 3 aliphatic rings. The maximum atomic E-state index is 13.7. The molecule has 2 heterocycles. The summed E-state index contributed by atoms with van der Waals surface area (Å²) in [6.45, 7) is 0. The zero-order valence-electron chi connectivity index (χ0n) is 33.5. The fourth-order valence-electron chi connectivity index (χ4n) is 9.42. The molecule has 0 amide bonds. The van der Waals surface area contributed by atoms with E-state index >= 15 is 0 Å². The normalized spacial score (nSPS) is 15.8. The molecule has 8 aromatic rings. The van der Waals surface area contributed by atoms with Gasteiger partial charge in [-0.1, -0.05) is 133 Å². The molecule has 0 radical (unpaired) electrons. The number of para-hydroxylation sites is 2. The lowest BCUT2D eigenvalue weighted by molar-refractivity contribution is -0.138. The van der Waals surface area contributed by atoms with Crippen LogP contribution in [-0.2, 0) is 17.8 Å². The van der Waals surface area contributed by atoms with Crippen molar-refractivity contribution in [3.63, 3.8) is 0 Å². The van der Waals surface area contributed by atoms with Crippen molar-refractivity contribution in [2.45, 2.75) is 23.9 Å². The van der Waals surface area contributed by atoms with Gasteiger partial charge in [-0.15, -0.1) is 0 Å². The van der Waals surface area contributed by atoms with E-state index in [1.807, 2.05) is 97.1 Å². The molecule has 64 heavy (non-hydrogen) atoms. The number of hydrogen-bond donors (Lipinski definition) is 1. The largest absolute Gasteiger partial charge is 0.457 e. The highest BCUT2D eigenvalue weighted by molar-refractivity contribution is 6.19. The molecule has 1 aliphatic carbocycles. The van der Waals surface area contributed by atoms with Crippen LogP contribution in [0, 0.1) is 0 Å². The summed E-state index contributed by atoms with van der Waals surface area (Å²) in [5.41, 5.74) is 8.07. The summed E-state index contributed by atoms with van der Waals surface area (Å²) in [5.74, 6) is 2.59. The lowest BCUT2D eigenvalue weighted by atomic mass is 9.66. The highest BCUT2D eigenvalue weighted by Crippen LogP contribution is 2.62. The molecule has 0 saturated carbocycles. The summed E-state index contributed by atoms with van der Waals surface area (Å²) in [5, 5.41) is 3.57. The van der Waals surface area contributed by atoms with E-state index < -0.39 is 35.1 Å². The predicted octanol–water partition coefficient (Wildman–Crippen LogP) is 14.0. The number of halogens is 6. The molecular formula is C54H33F6N3O. The highest BCUT2D eigenvalue weighted by Gasteiger charge is 2.51. The molecule has 312 valence electrons. The summed E-state index contributed by atoms with van der Waals surface area (Å²) >= 11 is 0. The van der Waals surface area contributed by atoms with Crippen molar-refractivity contribution in [1.29, 1.82) is 0 Å². The van der Waals surface area contributed by atoms with E-state index in [9.17, 15) is 26.3 Å². The van der Waals surface area contributed by atoms with Gasteiger partial charge in [-0.3, -0.25) is 0 Å². The average Bonchev–Trinajstić information content (AvgIpc) is 3.62. The van der Waals surface area contributed by atoms with Crippen molar-refractivity contribution in [2.24, 2.45) is 9.98 Å². The van der Waals surface area contributed by atoms with Crippen LogP contribution in [0.1, 0.15) is 56.2 Å². The minimum Gasteiger partial charge on any atom is -0.457 e. The van der Waals surface area contributed by atoms with Crippen LogP contribution in [-0.4, -0.2) is 11.7 Å². The molecule has 1 atom stereocenters. The molecule has 0 bridgehead atoms. The minimum absolute atomic E-state index is 0.480. The first-order valence-corrected chi connectivity index (χ1v) is 20.6. The average molecular weight is 854 g/mol. The van der Waals surface area contributed by atoms with Crippen LogP contribution < -0.4 is 10.1 Å². The number of ether oxygens (including phenoxy) is 1. The molecule has 4 nitrogen and oxygen atoms in total. The number of nitrogens with zero attached hydrogens (tertiary/aromatic N) is 2. The van der Waals surface area contributed by atoms with Gasteiger partial charge in [0.25, 0.3) is 0 Å². The molecule has 0 fully saturated rings. The standard InChI is InChI=1S/C54H33F6N3O/c55-53(56,57)38-25-21-32(22-26-38)35-29-36(33-23-27-39(28-24-33)54(58,59)60)31-37(30-35)50-61-49(34-11-2-1-3-12-34)62-51(63-50)41-14-10-18-45-48(41)40-13-4-5-15-42(40)52(45)43-16-6-8-19-46(43)64-47-20-9-7-17-44(47)52/h1-31,50H,(H,61,62,63). The molecular weight excluding hydrogens is 821 g/mol. The maximum Gasteiger partial charge on any atom is 0.416 e. The second-order valence-electron chi connectivity index (χ2n) is 15.9. The maximum absolute atomic E-state index is 13.7. The van der Waals surface area contributed by atoms with Gasteiger partial charge < -0.3 is 10.1 Å². The van der Waals surface area contributed by atoms with Crippen LogP contribution >= 0.6 is 0 Å². The van der Waals surface area contributed by atoms with Gasteiger partial charge >= 0.3 is 12.4 Å². The van der Waals surface area contributed by atoms with E-state index in [1.54, 1.807) is 6.07 Å². The van der Waals surface area contributed by atoms with E-state index in [2.05, 4.69) is 41.7 Å². The molecule has 0 aromatic heterocycles. The van der Waals surface area contributed by atoms with Gasteiger partial charge in [0, 0.05) is 22.3 Å². The van der Waals surface area contributed by atoms with Crippen molar-refractivity contribution < 1.29 is 31.1 Å². The van der Waals surface area contributed by atoms with Gasteiger partial charge in [0.2, 0.25) is 0 Å². The second-order valence-corrected chi connectivity index (χ2v) is 15.9. The number of hydrogen-bond acceptors (Lipinski definition) is 4. The van der Waals surface area contributed by atoms with E-state index in [0.29, 0.717) is 39.5 Å². The number of fused-ring (bicyclic) bond motifs is 9. The topological polar surface area (TPSA) is 46.0 Å². The molecule has 1 spiro atoms. The first-order valence-electron chi connectivity index (χ1n) is 20.6. The molecule has 1 unspecified atom stereocenters. The van der Waals surface area contributed by atoms with Crippen molar-refractivity contribution in [3.05, 3.63) is 238 Å². The molecule has 11 rings (SSSR count). The summed E-state index contributed by atoms with van der Waals surface area (Å²) in [6, 6.07) is 55.5. The first kappa shape index (κ1) is 39.1. The van der Waals surface area contributed by atoms with Crippen LogP contribution in [0.4, 0.5) is 26.3 Å². The SMILES string of the molecule is FC(F)(F)c1ccc(-c2cc(-c3ccc(C(F)(F)F)cc3)cc(C3N=C(c4ccccc4)NC(c4cccc5c4-c4ccccc4C54c5ccccc5Oc5ccccc54)=N3)c2)cc1. The number of rotatable bonds is 5. The third-order valence-electron chi connectivity index (χ3n) is 12.3. The first-order chi connectivity index (χ1) is 31.0. The third-order valence-corrected chi connectivity index (χ3v) is 12.3. The van der Waals surface area contributed by atoms with Crippen molar-refractivity contribution in [3.8, 4) is 44.9 Å². The molecule has 0 saturated heterocycles. The Balaban J connectivity index is 1.12. The van der Waals surface area contributed by atoms with Crippen LogP contribution in [0.2, 0.25) is 0 Å². The number of amidine groups is 2. The Hall–Kier alpha value is -7.72. The fourth-order valence-corrected chi connectivity index (χ4v) is 9.42. The van der Waals surface area contributed by atoms with Gasteiger partial charge in [-0.05, 0) is 105 Å². The summed E-state index contributed by atoms with van der Waals surface area (Å²) in [6.07, 6.45) is -9.96. The summed E-state index contributed by atoms with van der Waals surface area (Å²) in [4.78, 5) is 10.5. The Morgan fingerprint density at radius 3 is 1.48 bits per heavy atom. The van der Waals surface area contributed by atoms with E-state index in [0.717, 1.165) is 80.3 Å². The zero-order chi connectivity index (χ0) is 43.8. The lowest BCUT2D eigenvalue weighted by Crippen LogP contribution is -2.36. The van der Waals surface area contributed by atoms with Crippen LogP contribution in [0.5, 0.6) is 11.5 Å². The van der Waals surface area contributed by atoms with E-state index in [1.165, 1.54) is 24.3 Å². The minimum atomic E-state index is -4.54. The van der Waals surface area contributed by atoms with Gasteiger partial charge in [-0.25, -0.2) is 9.98 Å². The highest BCUT2D eigenvalue weighted by atomic mass is 19.4. The van der Waals surface area contributed by atoms with Crippen LogP contribution in [0.3, 0.4) is 0 Å². The molecule has 1 N–H and O–H groups in total.